The second-order valence-corrected chi connectivity index (χ2v) is 6.95. The molecule has 0 aromatic rings. The number of allylic oxidation sites excluding steroid dienone is 5. The van der Waals surface area contributed by atoms with Gasteiger partial charge in [0.25, 0.3) is 0 Å². The van der Waals surface area contributed by atoms with E-state index >= 15 is 0 Å². The lowest BCUT2D eigenvalue weighted by Gasteiger charge is -2.12. The number of hydrogen-bond acceptors (Lipinski definition) is 2. The van der Waals surface area contributed by atoms with Gasteiger partial charge in [0, 0.05) is 16.5 Å². The fraction of sp³-hybridized carbons (Fsp3) is 0.455. The van der Waals surface area contributed by atoms with Crippen LogP contribution in [0.5, 0.6) is 0 Å². The van der Waals surface area contributed by atoms with Gasteiger partial charge in [-0.2, -0.15) is 0 Å². The third-order valence-electron chi connectivity index (χ3n) is 1.63. The zero-order valence-electron chi connectivity index (χ0n) is 9.71. The summed E-state index contributed by atoms with van der Waals surface area (Å²) < 4.78 is 17.9. The van der Waals surface area contributed by atoms with E-state index in [1.165, 1.54) is 0 Å². The smallest absolute Gasteiger partial charge is 0.228 e. The number of hydrogen-bond donors (Lipinski definition) is 0. The molecule has 86 valence electrons. The third kappa shape index (κ3) is 6.14. The Morgan fingerprint density at radius 2 is 2.00 bits per heavy atom. The van der Waals surface area contributed by atoms with E-state index in [-0.39, 0.29) is 0 Å². The molecule has 0 aliphatic rings. The van der Waals surface area contributed by atoms with Gasteiger partial charge in [-0.1, -0.05) is 28.1 Å². The quantitative estimate of drug-likeness (QED) is 0.543. The van der Waals surface area contributed by atoms with Gasteiger partial charge < -0.3 is 4.52 Å². The van der Waals surface area contributed by atoms with Crippen molar-refractivity contribution in [3.05, 3.63) is 34.1 Å². The van der Waals surface area contributed by atoms with Gasteiger partial charge in [-0.15, -0.1) is 0 Å². The standard InChI is InChI=1S/C11H18BrO2P/c1-6-14-15(5,13)10(4)8-11(12)7-9(2)3/h7-8H,4,6H2,1-3,5H3/b11-8+. The molecule has 0 spiro atoms. The first-order chi connectivity index (χ1) is 6.79. The lowest BCUT2D eigenvalue weighted by atomic mass is 10.3. The summed E-state index contributed by atoms with van der Waals surface area (Å²) >= 11 is 3.37. The summed E-state index contributed by atoms with van der Waals surface area (Å²) in [5.74, 6) is 0. The SMILES string of the molecule is C=C(/C=C(/Br)C=C(C)C)P(C)(=O)OCC. The normalized spacial score (nSPS) is 15.7. The maximum absolute atomic E-state index is 11.9. The van der Waals surface area contributed by atoms with Crippen LogP contribution in [0.4, 0.5) is 0 Å². The summed E-state index contributed by atoms with van der Waals surface area (Å²) in [6, 6.07) is 0. The van der Waals surface area contributed by atoms with E-state index in [1.54, 1.807) is 12.7 Å². The second-order valence-electron chi connectivity index (χ2n) is 3.51. The topological polar surface area (TPSA) is 26.3 Å². The van der Waals surface area contributed by atoms with Crippen molar-refractivity contribution in [1.29, 1.82) is 0 Å². The number of halogens is 1. The Bertz CT molecular complexity index is 338. The third-order valence-corrected chi connectivity index (χ3v) is 4.01. The molecule has 1 unspecified atom stereocenters. The van der Waals surface area contributed by atoms with Crippen LogP contribution in [-0.2, 0) is 9.09 Å². The van der Waals surface area contributed by atoms with Crippen molar-refractivity contribution in [3.8, 4) is 0 Å². The van der Waals surface area contributed by atoms with Crippen LogP contribution >= 0.6 is 23.3 Å². The summed E-state index contributed by atoms with van der Waals surface area (Å²) in [5.41, 5.74) is 1.16. The van der Waals surface area contributed by atoms with E-state index < -0.39 is 7.37 Å². The number of rotatable bonds is 5. The Hall–Kier alpha value is -0.110. The van der Waals surface area contributed by atoms with Crippen molar-refractivity contribution in [2.24, 2.45) is 0 Å². The fourth-order valence-electron chi connectivity index (χ4n) is 0.923. The highest BCUT2D eigenvalue weighted by molar-refractivity contribution is 9.11. The molecule has 0 N–H and O–H groups in total. The highest BCUT2D eigenvalue weighted by Gasteiger charge is 2.17. The van der Waals surface area contributed by atoms with Gasteiger partial charge in [-0.25, -0.2) is 0 Å². The van der Waals surface area contributed by atoms with Crippen molar-refractivity contribution in [3.63, 3.8) is 0 Å². The molecule has 0 fully saturated rings. The zero-order valence-corrected chi connectivity index (χ0v) is 12.2. The van der Waals surface area contributed by atoms with Crippen molar-refractivity contribution in [1.82, 2.24) is 0 Å². The lowest BCUT2D eigenvalue weighted by Crippen LogP contribution is -1.89. The van der Waals surface area contributed by atoms with Crippen LogP contribution in [-0.4, -0.2) is 13.3 Å². The van der Waals surface area contributed by atoms with Gasteiger partial charge in [0.15, 0.2) is 0 Å². The molecular weight excluding hydrogens is 275 g/mol. The zero-order chi connectivity index (χ0) is 12.1. The summed E-state index contributed by atoms with van der Waals surface area (Å²) in [6.45, 7) is 11.6. The first kappa shape index (κ1) is 14.9. The predicted octanol–water partition coefficient (Wildman–Crippen LogP) is 4.69. The van der Waals surface area contributed by atoms with Gasteiger partial charge in [0.2, 0.25) is 7.37 Å². The van der Waals surface area contributed by atoms with Gasteiger partial charge in [-0.3, -0.25) is 4.57 Å². The Morgan fingerprint density at radius 1 is 1.47 bits per heavy atom. The first-order valence-electron chi connectivity index (χ1n) is 4.73. The largest absolute Gasteiger partial charge is 0.326 e. The second kappa shape index (κ2) is 6.47. The van der Waals surface area contributed by atoms with Crippen molar-refractivity contribution in [2.75, 3.05) is 13.3 Å². The van der Waals surface area contributed by atoms with Crippen LogP contribution in [0.2, 0.25) is 0 Å². The summed E-state index contributed by atoms with van der Waals surface area (Å²) in [4.78, 5) is 0. The van der Waals surface area contributed by atoms with Crippen LogP contribution in [0, 0.1) is 0 Å². The molecule has 0 radical (unpaired) electrons. The molecular formula is C11H18BrO2P. The van der Waals surface area contributed by atoms with Gasteiger partial charge >= 0.3 is 0 Å². The molecule has 0 rings (SSSR count). The predicted molar refractivity (Wildman–Crippen MR) is 70.7 cm³/mol. The molecule has 0 aromatic carbocycles. The van der Waals surface area contributed by atoms with Gasteiger partial charge in [0.1, 0.15) is 0 Å². The van der Waals surface area contributed by atoms with Crippen molar-refractivity contribution < 1.29 is 9.09 Å². The van der Waals surface area contributed by atoms with Crippen molar-refractivity contribution >= 4 is 23.3 Å². The van der Waals surface area contributed by atoms with E-state index in [4.69, 9.17) is 4.52 Å². The molecule has 0 heterocycles. The molecule has 0 aliphatic carbocycles. The molecule has 4 heteroatoms. The molecule has 0 saturated carbocycles. The molecule has 15 heavy (non-hydrogen) atoms. The first-order valence-corrected chi connectivity index (χ1v) is 7.59. The molecule has 0 amide bonds. The van der Waals surface area contributed by atoms with Crippen LogP contribution in [0.15, 0.2) is 34.1 Å². The van der Waals surface area contributed by atoms with E-state index in [0.29, 0.717) is 11.9 Å². The maximum Gasteiger partial charge on any atom is 0.228 e. The highest BCUT2D eigenvalue weighted by Crippen LogP contribution is 2.51. The van der Waals surface area contributed by atoms with E-state index in [2.05, 4.69) is 22.5 Å². The average molecular weight is 293 g/mol. The Morgan fingerprint density at radius 3 is 2.40 bits per heavy atom. The Kier molecular flexibility index (Phi) is 6.42. The van der Waals surface area contributed by atoms with Crippen LogP contribution in [0.1, 0.15) is 20.8 Å². The minimum atomic E-state index is -2.71. The fourth-order valence-corrected chi connectivity index (χ4v) is 2.87. The molecule has 1 atom stereocenters. The molecule has 0 saturated heterocycles. The van der Waals surface area contributed by atoms with Gasteiger partial charge in [-0.05, 0) is 32.9 Å². The molecule has 0 aliphatic heterocycles. The van der Waals surface area contributed by atoms with E-state index in [0.717, 1.165) is 10.1 Å². The summed E-state index contributed by atoms with van der Waals surface area (Å²) in [5, 5.41) is 0.522. The van der Waals surface area contributed by atoms with Crippen LogP contribution in [0.25, 0.3) is 0 Å². The van der Waals surface area contributed by atoms with E-state index in [9.17, 15) is 4.57 Å². The van der Waals surface area contributed by atoms with Gasteiger partial charge in [0.05, 0.1) is 6.61 Å². The van der Waals surface area contributed by atoms with Crippen LogP contribution in [0.3, 0.4) is 0 Å². The molecule has 0 aromatic heterocycles. The molecule has 0 bridgehead atoms. The summed E-state index contributed by atoms with van der Waals surface area (Å²) in [7, 11) is -2.71. The monoisotopic (exact) mass is 292 g/mol. The Labute approximate surface area is 101 Å². The lowest BCUT2D eigenvalue weighted by molar-refractivity contribution is 0.343. The average Bonchev–Trinajstić information content (AvgIpc) is 2.01. The minimum absolute atomic E-state index is 0.431. The van der Waals surface area contributed by atoms with Crippen molar-refractivity contribution in [2.45, 2.75) is 20.8 Å². The minimum Gasteiger partial charge on any atom is -0.326 e. The highest BCUT2D eigenvalue weighted by atomic mass is 79.9. The summed E-state index contributed by atoms with van der Waals surface area (Å²) in [6.07, 6.45) is 3.68. The van der Waals surface area contributed by atoms with E-state index in [1.807, 2.05) is 26.8 Å². The maximum atomic E-state index is 11.9. The van der Waals surface area contributed by atoms with Crippen LogP contribution < -0.4 is 0 Å². The Balaban J connectivity index is 4.76. The molecule has 2 nitrogen and oxygen atoms in total.